The Morgan fingerprint density at radius 2 is 1.32 bits per heavy atom. The topological polar surface area (TPSA) is 28.7 Å². The van der Waals surface area contributed by atoms with E-state index in [2.05, 4.69) is 84.0 Å². The SMILES string of the molecule is CSc1ccc(-c2nc3c4ccccc4c4ccccc4c3[nH]2)cc1. The van der Waals surface area contributed by atoms with E-state index in [0.717, 1.165) is 22.4 Å². The van der Waals surface area contributed by atoms with Gasteiger partial charge in [0.15, 0.2) is 0 Å². The molecule has 0 unspecified atom stereocenters. The number of nitrogens with one attached hydrogen (secondary N) is 1. The van der Waals surface area contributed by atoms with E-state index < -0.39 is 0 Å². The van der Waals surface area contributed by atoms with Gasteiger partial charge in [-0.05, 0) is 29.2 Å². The number of hydrogen-bond acceptors (Lipinski definition) is 2. The lowest BCUT2D eigenvalue weighted by Crippen LogP contribution is -1.81. The Bertz CT molecular complexity index is 1150. The number of H-pyrrole nitrogens is 1. The molecule has 0 bridgehead atoms. The van der Waals surface area contributed by atoms with E-state index in [1.54, 1.807) is 11.8 Å². The molecular formula is C22H16N2S. The van der Waals surface area contributed by atoms with Crippen molar-refractivity contribution in [2.45, 2.75) is 4.90 Å². The van der Waals surface area contributed by atoms with Gasteiger partial charge in [0.1, 0.15) is 5.82 Å². The molecule has 5 aromatic rings. The van der Waals surface area contributed by atoms with Crippen LogP contribution in [0.4, 0.5) is 0 Å². The number of nitrogens with zero attached hydrogens (tertiary/aromatic N) is 1. The standard InChI is InChI=1S/C22H16N2S/c1-25-15-12-10-14(11-13-15)22-23-20-18-8-4-2-6-16(18)17-7-3-5-9-19(17)21(20)24-22/h2-13H,1H3,(H,23,24). The van der Waals surface area contributed by atoms with Crippen LogP contribution in [0.5, 0.6) is 0 Å². The van der Waals surface area contributed by atoms with Gasteiger partial charge in [-0.15, -0.1) is 11.8 Å². The Hall–Kier alpha value is -2.78. The number of hydrogen-bond donors (Lipinski definition) is 1. The van der Waals surface area contributed by atoms with Crippen molar-refractivity contribution >= 4 is 44.3 Å². The maximum atomic E-state index is 4.95. The molecule has 120 valence electrons. The van der Waals surface area contributed by atoms with Crippen molar-refractivity contribution in [1.82, 2.24) is 9.97 Å². The van der Waals surface area contributed by atoms with Crippen LogP contribution in [0, 0.1) is 0 Å². The highest BCUT2D eigenvalue weighted by molar-refractivity contribution is 7.98. The molecule has 0 fully saturated rings. The third-order valence-electron chi connectivity index (χ3n) is 4.74. The van der Waals surface area contributed by atoms with Crippen LogP contribution in [-0.2, 0) is 0 Å². The summed E-state index contributed by atoms with van der Waals surface area (Å²) in [6.45, 7) is 0. The van der Waals surface area contributed by atoms with Crippen molar-refractivity contribution < 1.29 is 0 Å². The predicted molar refractivity (Wildman–Crippen MR) is 108 cm³/mol. The van der Waals surface area contributed by atoms with E-state index in [4.69, 9.17) is 4.98 Å². The molecule has 1 N–H and O–H groups in total. The zero-order valence-electron chi connectivity index (χ0n) is 13.8. The van der Waals surface area contributed by atoms with Gasteiger partial charge in [-0.1, -0.05) is 60.7 Å². The minimum absolute atomic E-state index is 0.921. The van der Waals surface area contributed by atoms with Crippen molar-refractivity contribution in [3.05, 3.63) is 72.8 Å². The van der Waals surface area contributed by atoms with E-state index >= 15 is 0 Å². The van der Waals surface area contributed by atoms with Crippen LogP contribution >= 0.6 is 11.8 Å². The fraction of sp³-hybridized carbons (Fsp3) is 0.0455. The molecule has 1 aromatic heterocycles. The second-order valence-corrected chi connectivity index (χ2v) is 7.01. The molecule has 25 heavy (non-hydrogen) atoms. The highest BCUT2D eigenvalue weighted by Crippen LogP contribution is 2.35. The van der Waals surface area contributed by atoms with Crippen LogP contribution in [0.1, 0.15) is 0 Å². The van der Waals surface area contributed by atoms with Crippen LogP contribution in [0.25, 0.3) is 44.0 Å². The first kappa shape index (κ1) is 14.6. The summed E-state index contributed by atoms with van der Waals surface area (Å²) in [5, 5.41) is 4.93. The molecule has 0 aliphatic heterocycles. The molecule has 3 heteroatoms. The van der Waals surface area contributed by atoms with E-state index in [1.807, 2.05) is 0 Å². The van der Waals surface area contributed by atoms with Crippen molar-refractivity contribution in [1.29, 1.82) is 0 Å². The second-order valence-electron chi connectivity index (χ2n) is 6.13. The monoisotopic (exact) mass is 340 g/mol. The zero-order valence-corrected chi connectivity index (χ0v) is 14.6. The molecule has 4 aromatic carbocycles. The Morgan fingerprint density at radius 1 is 0.720 bits per heavy atom. The maximum Gasteiger partial charge on any atom is 0.138 e. The zero-order chi connectivity index (χ0) is 16.8. The van der Waals surface area contributed by atoms with Crippen LogP contribution in [-0.4, -0.2) is 16.2 Å². The minimum atomic E-state index is 0.921. The summed E-state index contributed by atoms with van der Waals surface area (Å²) < 4.78 is 0. The quantitative estimate of drug-likeness (QED) is 0.303. The highest BCUT2D eigenvalue weighted by atomic mass is 32.2. The third kappa shape index (κ3) is 2.24. The minimum Gasteiger partial charge on any atom is -0.337 e. The van der Waals surface area contributed by atoms with Gasteiger partial charge in [-0.25, -0.2) is 4.98 Å². The summed E-state index contributed by atoms with van der Waals surface area (Å²) >= 11 is 1.75. The van der Waals surface area contributed by atoms with Crippen molar-refractivity contribution in [3.63, 3.8) is 0 Å². The molecule has 0 radical (unpaired) electrons. The van der Waals surface area contributed by atoms with Crippen molar-refractivity contribution in [2.75, 3.05) is 6.26 Å². The molecular weight excluding hydrogens is 324 g/mol. The Kier molecular flexibility index (Phi) is 3.28. The predicted octanol–water partition coefficient (Wildman–Crippen LogP) is 6.26. The van der Waals surface area contributed by atoms with E-state index in [1.165, 1.54) is 26.4 Å². The van der Waals surface area contributed by atoms with Crippen LogP contribution in [0.3, 0.4) is 0 Å². The molecule has 0 aliphatic carbocycles. The molecule has 2 nitrogen and oxygen atoms in total. The number of aromatic amines is 1. The molecule has 0 atom stereocenters. The van der Waals surface area contributed by atoms with Crippen LogP contribution in [0.2, 0.25) is 0 Å². The van der Waals surface area contributed by atoms with Crippen LogP contribution in [0.15, 0.2) is 77.7 Å². The lowest BCUT2D eigenvalue weighted by Gasteiger charge is -2.05. The van der Waals surface area contributed by atoms with Gasteiger partial charge >= 0.3 is 0 Å². The van der Waals surface area contributed by atoms with Gasteiger partial charge in [0.25, 0.3) is 0 Å². The Labute approximate surface area is 149 Å². The Balaban J connectivity index is 1.86. The van der Waals surface area contributed by atoms with Gasteiger partial charge in [-0.2, -0.15) is 0 Å². The van der Waals surface area contributed by atoms with Gasteiger partial charge in [0.2, 0.25) is 0 Å². The number of thioether (sulfide) groups is 1. The summed E-state index contributed by atoms with van der Waals surface area (Å²) in [6, 6.07) is 25.6. The molecule has 0 spiro atoms. The van der Waals surface area contributed by atoms with E-state index in [0.29, 0.717) is 0 Å². The number of fused-ring (bicyclic) bond motifs is 6. The fourth-order valence-electron chi connectivity index (χ4n) is 3.51. The second kappa shape index (κ2) is 5.64. The number of imidazole rings is 1. The molecule has 0 saturated heterocycles. The van der Waals surface area contributed by atoms with Crippen LogP contribution < -0.4 is 0 Å². The van der Waals surface area contributed by atoms with Gasteiger partial charge < -0.3 is 4.98 Å². The van der Waals surface area contributed by atoms with E-state index in [9.17, 15) is 0 Å². The molecule has 5 rings (SSSR count). The average molecular weight is 340 g/mol. The van der Waals surface area contributed by atoms with Gasteiger partial charge in [0, 0.05) is 21.2 Å². The first-order valence-corrected chi connectivity index (χ1v) is 9.51. The highest BCUT2D eigenvalue weighted by Gasteiger charge is 2.13. The lowest BCUT2D eigenvalue weighted by molar-refractivity contribution is 1.32. The Morgan fingerprint density at radius 3 is 2.00 bits per heavy atom. The van der Waals surface area contributed by atoms with Gasteiger partial charge in [0.05, 0.1) is 11.0 Å². The molecule has 1 heterocycles. The lowest BCUT2D eigenvalue weighted by atomic mass is 10.0. The summed E-state index contributed by atoms with van der Waals surface area (Å²) in [7, 11) is 0. The van der Waals surface area contributed by atoms with Gasteiger partial charge in [-0.3, -0.25) is 0 Å². The number of rotatable bonds is 2. The average Bonchev–Trinajstić information content (AvgIpc) is 3.14. The number of aromatic nitrogens is 2. The first-order chi connectivity index (χ1) is 12.3. The molecule has 0 amide bonds. The van der Waals surface area contributed by atoms with Crippen molar-refractivity contribution in [3.8, 4) is 11.4 Å². The third-order valence-corrected chi connectivity index (χ3v) is 5.48. The summed E-state index contributed by atoms with van der Waals surface area (Å²) in [4.78, 5) is 9.78. The normalized spacial score (nSPS) is 11.6. The summed E-state index contributed by atoms with van der Waals surface area (Å²) in [5.74, 6) is 0.921. The first-order valence-electron chi connectivity index (χ1n) is 8.29. The molecule has 0 aliphatic rings. The number of benzene rings is 4. The maximum absolute atomic E-state index is 4.95. The molecule has 0 saturated carbocycles. The largest absolute Gasteiger partial charge is 0.337 e. The van der Waals surface area contributed by atoms with E-state index in [-0.39, 0.29) is 0 Å². The smallest absolute Gasteiger partial charge is 0.138 e. The summed E-state index contributed by atoms with van der Waals surface area (Å²) in [5.41, 5.74) is 3.26. The fourth-order valence-corrected chi connectivity index (χ4v) is 3.92. The van der Waals surface area contributed by atoms with Crippen molar-refractivity contribution in [2.24, 2.45) is 0 Å². The summed E-state index contributed by atoms with van der Waals surface area (Å²) in [6.07, 6.45) is 2.09.